The molecule has 0 atom stereocenters. The minimum absolute atomic E-state index is 0.0373. The van der Waals surface area contributed by atoms with E-state index in [1.165, 1.54) is 13.2 Å². The molecule has 0 saturated carbocycles. The van der Waals surface area contributed by atoms with Gasteiger partial charge in [0.15, 0.2) is 0 Å². The summed E-state index contributed by atoms with van der Waals surface area (Å²) in [5, 5.41) is 2.61. The van der Waals surface area contributed by atoms with Crippen molar-refractivity contribution in [3.05, 3.63) is 34.3 Å². The highest BCUT2D eigenvalue weighted by Crippen LogP contribution is 2.26. The molecule has 2 rings (SSSR count). The fourth-order valence-electron chi connectivity index (χ4n) is 1.37. The number of nitrogens with zero attached hydrogens (tertiary/aromatic N) is 2. The Labute approximate surface area is 115 Å². The van der Waals surface area contributed by atoms with E-state index in [9.17, 15) is 8.78 Å². The lowest BCUT2D eigenvalue weighted by molar-refractivity contribution is 0.398. The van der Waals surface area contributed by atoms with Gasteiger partial charge in [0, 0.05) is 12.1 Å². The number of anilines is 3. The average Bonchev–Trinajstić information content (AvgIpc) is 2.35. The van der Waals surface area contributed by atoms with Crippen LogP contribution in [0.5, 0.6) is 5.88 Å². The van der Waals surface area contributed by atoms with Gasteiger partial charge in [-0.3, -0.25) is 0 Å². The summed E-state index contributed by atoms with van der Waals surface area (Å²) in [5.41, 5.74) is 5.39. The first-order chi connectivity index (χ1) is 8.99. The maximum Gasteiger partial charge on any atom is 0.225 e. The van der Waals surface area contributed by atoms with Crippen molar-refractivity contribution in [2.45, 2.75) is 0 Å². The van der Waals surface area contributed by atoms with E-state index in [-0.39, 0.29) is 27.8 Å². The van der Waals surface area contributed by atoms with Crippen LogP contribution in [0, 0.1) is 11.6 Å². The topological polar surface area (TPSA) is 73.1 Å². The molecule has 100 valence electrons. The Morgan fingerprint density at radius 1 is 1.21 bits per heavy atom. The largest absolute Gasteiger partial charge is 0.481 e. The van der Waals surface area contributed by atoms with Crippen LogP contribution in [0.4, 0.5) is 26.2 Å². The lowest BCUT2D eigenvalue weighted by atomic mass is 10.3. The molecule has 0 radical (unpaired) electrons. The van der Waals surface area contributed by atoms with E-state index in [0.29, 0.717) is 0 Å². The minimum atomic E-state index is -0.635. The summed E-state index contributed by atoms with van der Waals surface area (Å²) in [6, 6.07) is 3.43. The first-order valence-corrected chi connectivity index (χ1v) is 5.89. The number of hydrogen-bond acceptors (Lipinski definition) is 5. The van der Waals surface area contributed by atoms with Crippen molar-refractivity contribution in [3.63, 3.8) is 0 Å². The highest BCUT2D eigenvalue weighted by molar-refractivity contribution is 9.10. The number of benzene rings is 1. The SMILES string of the molecule is COc1cc(Nc2cc(F)c(Br)cc2F)nc(N)n1. The zero-order valence-corrected chi connectivity index (χ0v) is 11.3. The van der Waals surface area contributed by atoms with E-state index < -0.39 is 11.6 Å². The summed E-state index contributed by atoms with van der Waals surface area (Å²) in [4.78, 5) is 7.62. The molecule has 1 heterocycles. The standard InChI is InChI=1S/C11H9BrF2N4O/c1-19-10-4-9(17-11(15)18-10)16-8-3-6(13)5(12)2-7(8)14/h2-4H,1H3,(H3,15,16,17,18). The van der Waals surface area contributed by atoms with Gasteiger partial charge in [-0.1, -0.05) is 0 Å². The molecule has 0 unspecified atom stereocenters. The van der Waals surface area contributed by atoms with Crippen LogP contribution < -0.4 is 15.8 Å². The molecule has 3 N–H and O–H groups in total. The smallest absolute Gasteiger partial charge is 0.225 e. The molecule has 8 heteroatoms. The Morgan fingerprint density at radius 3 is 2.63 bits per heavy atom. The number of nitrogens with one attached hydrogen (secondary N) is 1. The Hall–Kier alpha value is -1.96. The van der Waals surface area contributed by atoms with E-state index in [0.717, 1.165) is 12.1 Å². The third-order valence-corrected chi connectivity index (χ3v) is 2.81. The molecule has 1 aromatic carbocycles. The van der Waals surface area contributed by atoms with Gasteiger partial charge in [0.25, 0.3) is 0 Å². The van der Waals surface area contributed by atoms with Crippen LogP contribution in [0.25, 0.3) is 0 Å². The van der Waals surface area contributed by atoms with Gasteiger partial charge < -0.3 is 15.8 Å². The van der Waals surface area contributed by atoms with Crippen molar-refractivity contribution in [2.24, 2.45) is 0 Å². The number of rotatable bonds is 3. The number of ether oxygens (including phenoxy) is 1. The number of aromatic nitrogens is 2. The van der Waals surface area contributed by atoms with E-state index in [1.807, 2.05) is 0 Å². The Bertz CT molecular complexity index is 624. The number of halogens is 3. The number of nitrogen functional groups attached to an aromatic ring is 1. The van der Waals surface area contributed by atoms with Crippen molar-refractivity contribution in [3.8, 4) is 5.88 Å². The summed E-state index contributed by atoms with van der Waals surface area (Å²) in [6.07, 6.45) is 0. The predicted molar refractivity (Wildman–Crippen MR) is 70.3 cm³/mol. The molecule has 0 saturated heterocycles. The zero-order chi connectivity index (χ0) is 14.0. The van der Waals surface area contributed by atoms with Crippen molar-refractivity contribution in [1.29, 1.82) is 0 Å². The van der Waals surface area contributed by atoms with Gasteiger partial charge in [0.05, 0.1) is 17.3 Å². The van der Waals surface area contributed by atoms with Gasteiger partial charge in [0.2, 0.25) is 11.8 Å². The summed E-state index contributed by atoms with van der Waals surface area (Å²) < 4.78 is 31.9. The highest BCUT2D eigenvalue weighted by atomic mass is 79.9. The molecule has 19 heavy (non-hydrogen) atoms. The summed E-state index contributed by atoms with van der Waals surface area (Å²) in [5.74, 6) is -0.861. The lowest BCUT2D eigenvalue weighted by Gasteiger charge is -2.09. The van der Waals surface area contributed by atoms with Crippen LogP contribution in [0.15, 0.2) is 22.7 Å². The molecular weight excluding hydrogens is 322 g/mol. The fraction of sp³-hybridized carbons (Fsp3) is 0.0909. The van der Waals surface area contributed by atoms with Gasteiger partial charge in [0.1, 0.15) is 17.5 Å². The maximum atomic E-state index is 13.6. The van der Waals surface area contributed by atoms with Gasteiger partial charge >= 0.3 is 0 Å². The molecule has 0 aliphatic carbocycles. The third kappa shape index (κ3) is 3.08. The second-order valence-corrected chi connectivity index (χ2v) is 4.38. The molecule has 1 aromatic heterocycles. The van der Waals surface area contributed by atoms with Crippen molar-refractivity contribution < 1.29 is 13.5 Å². The monoisotopic (exact) mass is 330 g/mol. The van der Waals surface area contributed by atoms with E-state index in [1.54, 1.807) is 0 Å². The van der Waals surface area contributed by atoms with Gasteiger partial charge in [-0.15, -0.1) is 0 Å². The average molecular weight is 331 g/mol. The second kappa shape index (κ2) is 5.35. The molecule has 0 aliphatic rings. The predicted octanol–water partition coefficient (Wildman–Crippen LogP) is 2.85. The zero-order valence-electron chi connectivity index (χ0n) is 9.75. The molecule has 0 amide bonds. The second-order valence-electron chi connectivity index (χ2n) is 3.52. The van der Waals surface area contributed by atoms with Crippen LogP contribution in [0.2, 0.25) is 0 Å². The van der Waals surface area contributed by atoms with Crippen LogP contribution in [0.1, 0.15) is 0 Å². The first kappa shape index (κ1) is 13.5. The third-order valence-electron chi connectivity index (χ3n) is 2.20. The molecule has 0 spiro atoms. The highest BCUT2D eigenvalue weighted by Gasteiger charge is 2.10. The molecule has 5 nitrogen and oxygen atoms in total. The summed E-state index contributed by atoms with van der Waals surface area (Å²) in [7, 11) is 1.41. The van der Waals surface area contributed by atoms with Crippen molar-refractivity contribution in [2.75, 3.05) is 18.2 Å². The van der Waals surface area contributed by atoms with E-state index >= 15 is 0 Å². The molecule has 0 bridgehead atoms. The summed E-state index contributed by atoms with van der Waals surface area (Å²) in [6.45, 7) is 0. The molecule has 0 fully saturated rings. The van der Waals surface area contributed by atoms with Crippen molar-refractivity contribution >= 4 is 33.4 Å². The molecule has 0 aliphatic heterocycles. The van der Waals surface area contributed by atoms with Crippen LogP contribution in [0.3, 0.4) is 0 Å². The summed E-state index contributed by atoms with van der Waals surface area (Å²) >= 11 is 2.89. The lowest BCUT2D eigenvalue weighted by Crippen LogP contribution is -2.03. The quantitative estimate of drug-likeness (QED) is 0.846. The van der Waals surface area contributed by atoms with Gasteiger partial charge in [-0.2, -0.15) is 9.97 Å². The maximum absolute atomic E-state index is 13.6. The fourth-order valence-corrected chi connectivity index (χ4v) is 1.68. The minimum Gasteiger partial charge on any atom is -0.481 e. The molecule has 2 aromatic rings. The number of hydrogen-bond donors (Lipinski definition) is 2. The van der Waals surface area contributed by atoms with Crippen LogP contribution >= 0.6 is 15.9 Å². The van der Waals surface area contributed by atoms with Gasteiger partial charge in [-0.25, -0.2) is 8.78 Å². The number of methoxy groups -OCH3 is 1. The van der Waals surface area contributed by atoms with E-state index in [2.05, 4.69) is 31.2 Å². The Kier molecular flexibility index (Phi) is 3.79. The van der Waals surface area contributed by atoms with Gasteiger partial charge in [-0.05, 0) is 22.0 Å². The first-order valence-electron chi connectivity index (χ1n) is 5.09. The number of nitrogens with two attached hydrogens (primary N) is 1. The van der Waals surface area contributed by atoms with Crippen LogP contribution in [-0.4, -0.2) is 17.1 Å². The van der Waals surface area contributed by atoms with E-state index in [4.69, 9.17) is 10.5 Å². The van der Waals surface area contributed by atoms with Crippen molar-refractivity contribution in [1.82, 2.24) is 9.97 Å². The normalized spacial score (nSPS) is 10.3. The van der Waals surface area contributed by atoms with Crippen LogP contribution in [-0.2, 0) is 0 Å². The Morgan fingerprint density at radius 2 is 1.95 bits per heavy atom. The molecular formula is C11H9BrF2N4O. The Balaban J connectivity index is 2.36.